The van der Waals surface area contributed by atoms with Gasteiger partial charge in [-0.2, -0.15) is 13.2 Å². The molecule has 2 aromatic rings. The minimum absolute atomic E-state index is 0.0156. The fourth-order valence-electron chi connectivity index (χ4n) is 1.41. The van der Waals surface area contributed by atoms with Gasteiger partial charge in [0, 0.05) is 5.39 Å². The number of hydrogen-bond acceptors (Lipinski definition) is 2. The quantitative estimate of drug-likeness (QED) is 0.728. The van der Waals surface area contributed by atoms with Crippen LogP contribution in [-0.4, -0.2) is 7.11 Å². The molecule has 0 bridgehead atoms. The lowest BCUT2D eigenvalue weighted by Gasteiger charge is -2.03. The third-order valence-corrected chi connectivity index (χ3v) is 2.09. The maximum absolute atomic E-state index is 12.5. The summed E-state index contributed by atoms with van der Waals surface area (Å²) in [6.07, 6.45) is -3.70. The smallest absolute Gasteiger partial charge is 0.420 e. The fourth-order valence-corrected chi connectivity index (χ4v) is 1.41. The Balaban J connectivity index is 2.72. The number of fused-ring (bicyclic) bond motifs is 1. The van der Waals surface area contributed by atoms with E-state index in [9.17, 15) is 13.2 Å². The van der Waals surface area contributed by atoms with Gasteiger partial charge in [-0.1, -0.05) is 12.1 Å². The largest absolute Gasteiger partial charge is 0.493 e. The summed E-state index contributed by atoms with van der Waals surface area (Å²) in [5.74, 6) is 0.294. The molecule has 2 rings (SSSR count). The highest BCUT2D eigenvalue weighted by Gasteiger charge is 2.35. The number of furan rings is 1. The molecule has 2 nitrogen and oxygen atoms in total. The number of hydrogen-bond donors (Lipinski definition) is 0. The molecular formula is C10H7F3O2. The molecule has 0 radical (unpaired) electrons. The zero-order valence-electron chi connectivity index (χ0n) is 7.76. The van der Waals surface area contributed by atoms with E-state index in [0.29, 0.717) is 12.0 Å². The van der Waals surface area contributed by atoms with Crippen LogP contribution in [-0.2, 0) is 6.18 Å². The van der Waals surface area contributed by atoms with Gasteiger partial charge in [-0.25, -0.2) is 0 Å². The lowest BCUT2D eigenvalue weighted by molar-refractivity contribution is -0.136. The lowest BCUT2D eigenvalue weighted by atomic mass is 10.1. The molecule has 1 heterocycles. The summed E-state index contributed by atoms with van der Waals surface area (Å²) in [5.41, 5.74) is -0.663. The van der Waals surface area contributed by atoms with Gasteiger partial charge in [-0.15, -0.1) is 0 Å². The summed E-state index contributed by atoms with van der Waals surface area (Å²) >= 11 is 0. The van der Waals surface area contributed by atoms with Crippen LogP contribution in [0.1, 0.15) is 5.56 Å². The van der Waals surface area contributed by atoms with Gasteiger partial charge in [0.1, 0.15) is 11.8 Å². The average molecular weight is 216 g/mol. The summed E-state index contributed by atoms with van der Waals surface area (Å²) < 4.78 is 47.2. The predicted molar refractivity (Wildman–Crippen MR) is 47.8 cm³/mol. The number of ether oxygens (including phenoxy) is 1. The third-order valence-electron chi connectivity index (χ3n) is 2.09. The molecule has 1 aromatic heterocycles. The third kappa shape index (κ3) is 1.54. The number of rotatable bonds is 1. The Morgan fingerprint density at radius 3 is 2.60 bits per heavy atom. The molecule has 0 N–H and O–H groups in total. The van der Waals surface area contributed by atoms with Crippen molar-refractivity contribution >= 4 is 11.0 Å². The number of benzene rings is 1. The molecule has 0 fully saturated rings. The first-order valence-electron chi connectivity index (χ1n) is 4.15. The second-order valence-corrected chi connectivity index (χ2v) is 2.98. The molecule has 0 spiro atoms. The standard InChI is InChI=1S/C10H7F3O2/c1-14-8-4-2-3-6-7(10(11,12)13)5-15-9(6)8/h2-5H,1H3. The zero-order valence-corrected chi connectivity index (χ0v) is 7.76. The average Bonchev–Trinajstić information content (AvgIpc) is 2.59. The number of alkyl halides is 3. The summed E-state index contributed by atoms with van der Waals surface area (Å²) in [5, 5.41) is 0.0156. The summed E-state index contributed by atoms with van der Waals surface area (Å²) in [6, 6.07) is 4.39. The minimum Gasteiger partial charge on any atom is -0.493 e. The van der Waals surface area contributed by atoms with Crippen molar-refractivity contribution in [3.63, 3.8) is 0 Å². The topological polar surface area (TPSA) is 22.4 Å². The van der Waals surface area contributed by atoms with Crippen LogP contribution in [0.3, 0.4) is 0 Å². The number of halogens is 3. The van der Waals surface area contributed by atoms with Crippen molar-refractivity contribution in [3.8, 4) is 5.75 Å². The molecule has 15 heavy (non-hydrogen) atoms. The molecule has 5 heteroatoms. The van der Waals surface area contributed by atoms with Crippen LogP contribution in [0.25, 0.3) is 11.0 Å². The Bertz CT molecular complexity index is 485. The van der Waals surface area contributed by atoms with E-state index in [0.717, 1.165) is 0 Å². The molecule has 0 aliphatic heterocycles. The van der Waals surface area contributed by atoms with E-state index in [1.54, 1.807) is 6.07 Å². The Morgan fingerprint density at radius 2 is 2.00 bits per heavy atom. The maximum Gasteiger partial charge on any atom is 0.420 e. The van der Waals surface area contributed by atoms with Crippen LogP contribution < -0.4 is 4.74 Å². The van der Waals surface area contributed by atoms with Crippen molar-refractivity contribution < 1.29 is 22.3 Å². The van der Waals surface area contributed by atoms with E-state index in [2.05, 4.69) is 0 Å². The van der Waals surface area contributed by atoms with Crippen LogP contribution in [0.15, 0.2) is 28.9 Å². The van der Waals surface area contributed by atoms with Gasteiger partial charge in [0.15, 0.2) is 11.3 Å². The van der Waals surface area contributed by atoms with Crippen molar-refractivity contribution in [1.29, 1.82) is 0 Å². The predicted octanol–water partition coefficient (Wildman–Crippen LogP) is 3.46. The van der Waals surface area contributed by atoms with E-state index in [1.165, 1.54) is 19.2 Å². The molecule has 0 aliphatic rings. The van der Waals surface area contributed by atoms with Crippen molar-refractivity contribution in [2.75, 3.05) is 7.11 Å². The van der Waals surface area contributed by atoms with Crippen LogP contribution in [0.4, 0.5) is 13.2 Å². The van der Waals surface area contributed by atoms with Gasteiger partial charge in [0.25, 0.3) is 0 Å². The first kappa shape index (κ1) is 9.89. The molecule has 80 valence electrons. The van der Waals surface area contributed by atoms with E-state index in [4.69, 9.17) is 9.15 Å². The molecule has 0 aliphatic carbocycles. The molecule has 0 amide bonds. The Labute approximate surface area is 83.2 Å². The highest BCUT2D eigenvalue weighted by atomic mass is 19.4. The van der Waals surface area contributed by atoms with Gasteiger partial charge in [-0.3, -0.25) is 0 Å². The van der Waals surface area contributed by atoms with Gasteiger partial charge < -0.3 is 9.15 Å². The second kappa shape index (κ2) is 3.18. The van der Waals surface area contributed by atoms with Crippen LogP contribution in [0.2, 0.25) is 0 Å². The summed E-state index contributed by atoms with van der Waals surface area (Å²) in [6.45, 7) is 0. The molecule has 0 atom stereocenters. The van der Waals surface area contributed by atoms with E-state index >= 15 is 0 Å². The first-order valence-corrected chi connectivity index (χ1v) is 4.15. The van der Waals surface area contributed by atoms with Crippen molar-refractivity contribution in [2.45, 2.75) is 6.18 Å². The summed E-state index contributed by atoms with van der Waals surface area (Å²) in [4.78, 5) is 0. The van der Waals surface area contributed by atoms with Crippen molar-refractivity contribution in [3.05, 3.63) is 30.0 Å². The molecular weight excluding hydrogens is 209 g/mol. The van der Waals surface area contributed by atoms with Crippen molar-refractivity contribution in [1.82, 2.24) is 0 Å². The highest BCUT2D eigenvalue weighted by molar-refractivity contribution is 5.86. The zero-order chi connectivity index (χ0) is 11.1. The second-order valence-electron chi connectivity index (χ2n) is 2.98. The van der Waals surface area contributed by atoms with Gasteiger partial charge in [-0.05, 0) is 6.07 Å². The van der Waals surface area contributed by atoms with Gasteiger partial charge in [0.05, 0.1) is 7.11 Å². The normalized spacial score (nSPS) is 12.0. The lowest BCUT2D eigenvalue weighted by Crippen LogP contribution is -2.03. The Hall–Kier alpha value is -1.65. The van der Waals surface area contributed by atoms with E-state index in [-0.39, 0.29) is 11.0 Å². The molecule has 0 saturated carbocycles. The minimum atomic E-state index is -4.41. The van der Waals surface area contributed by atoms with Crippen LogP contribution >= 0.6 is 0 Å². The summed E-state index contributed by atoms with van der Waals surface area (Å²) in [7, 11) is 1.38. The molecule has 0 unspecified atom stereocenters. The molecule has 0 saturated heterocycles. The first-order chi connectivity index (χ1) is 7.04. The monoisotopic (exact) mass is 216 g/mol. The highest BCUT2D eigenvalue weighted by Crippen LogP contribution is 2.38. The van der Waals surface area contributed by atoms with Crippen molar-refractivity contribution in [2.24, 2.45) is 0 Å². The fraction of sp³-hybridized carbons (Fsp3) is 0.200. The van der Waals surface area contributed by atoms with Crippen LogP contribution in [0, 0.1) is 0 Å². The molecule has 1 aromatic carbocycles. The number of para-hydroxylation sites is 1. The van der Waals surface area contributed by atoms with E-state index < -0.39 is 11.7 Å². The van der Waals surface area contributed by atoms with Gasteiger partial charge >= 0.3 is 6.18 Å². The Kier molecular flexibility index (Phi) is 2.10. The SMILES string of the molecule is COc1cccc2c(C(F)(F)F)coc12. The maximum atomic E-state index is 12.5. The van der Waals surface area contributed by atoms with Crippen LogP contribution in [0.5, 0.6) is 5.75 Å². The van der Waals surface area contributed by atoms with Gasteiger partial charge in [0.2, 0.25) is 0 Å². The van der Waals surface area contributed by atoms with E-state index in [1.807, 2.05) is 0 Å². The Morgan fingerprint density at radius 1 is 1.27 bits per heavy atom. The number of methoxy groups -OCH3 is 1.